The first-order chi connectivity index (χ1) is 15.1. The second-order valence-electron chi connectivity index (χ2n) is 7.62. The van der Waals surface area contributed by atoms with E-state index in [4.69, 9.17) is 20.1 Å². The fraction of sp³-hybridized carbons (Fsp3) is 0.417. The fourth-order valence-electron chi connectivity index (χ4n) is 3.07. The van der Waals surface area contributed by atoms with Crippen molar-refractivity contribution in [1.29, 1.82) is 0 Å². The molecule has 0 radical (unpaired) electrons. The van der Waals surface area contributed by atoms with Crippen LogP contribution in [0.5, 0.6) is 5.75 Å². The third-order valence-electron chi connectivity index (χ3n) is 4.64. The van der Waals surface area contributed by atoms with Gasteiger partial charge in [-0.15, -0.1) is 12.4 Å². The molecule has 1 atom stereocenters. The van der Waals surface area contributed by atoms with Gasteiger partial charge in [0.05, 0.1) is 31.6 Å². The number of halogens is 1. The van der Waals surface area contributed by atoms with Gasteiger partial charge < -0.3 is 25.4 Å². The Hall–Kier alpha value is -2.61. The number of benzene rings is 2. The number of unbranched alkanes of at least 4 members (excludes halogenated alkanes) is 2. The molecular weight excluding hydrogens is 430 g/mol. The predicted molar refractivity (Wildman–Crippen MR) is 130 cm³/mol. The average molecular weight is 464 g/mol. The Morgan fingerprint density at radius 3 is 2.38 bits per heavy atom. The Labute approximate surface area is 196 Å². The van der Waals surface area contributed by atoms with Crippen LogP contribution in [0, 0.1) is 0 Å². The van der Waals surface area contributed by atoms with Gasteiger partial charge in [0, 0.05) is 19.3 Å². The number of hydrazone groups is 1. The molecule has 0 fully saturated rings. The Balaban J connectivity index is 0.00000512. The van der Waals surface area contributed by atoms with Gasteiger partial charge in [-0.1, -0.05) is 18.2 Å². The molecule has 0 saturated carbocycles. The first kappa shape index (κ1) is 27.4. The van der Waals surface area contributed by atoms with Gasteiger partial charge in [0.25, 0.3) is 5.91 Å². The van der Waals surface area contributed by atoms with Crippen LogP contribution < -0.4 is 15.9 Å². The van der Waals surface area contributed by atoms with E-state index in [1.54, 1.807) is 25.5 Å². The molecule has 0 saturated heterocycles. The largest absolute Gasteiger partial charge is 0.494 e. The van der Waals surface area contributed by atoms with Crippen molar-refractivity contribution < 1.29 is 19.0 Å². The number of amides is 1. The molecular formula is C24H34ClN3O4. The van der Waals surface area contributed by atoms with E-state index in [0.29, 0.717) is 32.0 Å². The van der Waals surface area contributed by atoms with E-state index in [2.05, 4.69) is 10.4 Å². The maximum Gasteiger partial charge on any atom is 0.251 e. The molecule has 0 aromatic heterocycles. The molecule has 32 heavy (non-hydrogen) atoms. The molecule has 2 aromatic carbocycles. The Bertz CT molecular complexity index is 803. The minimum Gasteiger partial charge on any atom is -0.494 e. The zero-order valence-electron chi connectivity index (χ0n) is 18.8. The topological polar surface area (TPSA) is 95.2 Å². The van der Waals surface area contributed by atoms with Gasteiger partial charge in [-0.05, 0) is 68.1 Å². The highest BCUT2D eigenvalue weighted by atomic mass is 35.5. The van der Waals surface area contributed by atoms with Crippen molar-refractivity contribution in [3.63, 3.8) is 0 Å². The van der Waals surface area contributed by atoms with Crippen molar-refractivity contribution in [2.75, 3.05) is 33.5 Å². The molecule has 0 aliphatic carbocycles. The van der Waals surface area contributed by atoms with Gasteiger partial charge >= 0.3 is 0 Å². The van der Waals surface area contributed by atoms with Crippen LogP contribution in [0.2, 0.25) is 0 Å². The Kier molecular flexibility index (Phi) is 13.1. The van der Waals surface area contributed by atoms with E-state index >= 15 is 0 Å². The highest BCUT2D eigenvalue weighted by Gasteiger charge is 2.27. The summed E-state index contributed by atoms with van der Waals surface area (Å²) in [6, 6.07) is 16.8. The van der Waals surface area contributed by atoms with Crippen LogP contribution in [0.1, 0.15) is 42.1 Å². The highest BCUT2D eigenvalue weighted by Crippen LogP contribution is 2.12. The minimum atomic E-state index is -0.592. The molecule has 2 aromatic rings. The fourth-order valence-corrected chi connectivity index (χ4v) is 3.07. The summed E-state index contributed by atoms with van der Waals surface area (Å²) in [6.45, 7) is 3.95. The molecule has 0 spiro atoms. The molecule has 0 heterocycles. The van der Waals surface area contributed by atoms with Crippen LogP contribution in [-0.4, -0.2) is 51.2 Å². The van der Waals surface area contributed by atoms with Crippen LogP contribution in [0.3, 0.4) is 0 Å². The number of nitrogens with zero attached hydrogens (tertiary/aromatic N) is 1. The number of nitrogens with two attached hydrogens (primary N) is 1. The summed E-state index contributed by atoms with van der Waals surface area (Å²) in [5, 5.41) is 6.52. The summed E-state index contributed by atoms with van der Waals surface area (Å²) in [6.07, 6.45) is 4.45. The standard InChI is InChI=1S/C24H33N3O4.ClH/c1-24(18-29-2,27-23(28)21-9-5-3-6-10-21)19-30-15-7-4-8-16-31-22-13-11-20(12-14-22)17-26-25;/h3,5-6,9-14,17H,4,7-8,15-16,18-19,25H2,1-2H3,(H,27,28);1H/b26-17+;. The summed E-state index contributed by atoms with van der Waals surface area (Å²) in [4.78, 5) is 12.5. The molecule has 1 unspecified atom stereocenters. The zero-order chi connectivity index (χ0) is 22.4. The van der Waals surface area contributed by atoms with Crippen LogP contribution in [0.25, 0.3) is 0 Å². The normalized spacial score (nSPS) is 12.7. The van der Waals surface area contributed by atoms with Crippen LogP contribution in [-0.2, 0) is 9.47 Å². The maximum absolute atomic E-state index is 12.5. The molecule has 7 nitrogen and oxygen atoms in total. The third kappa shape index (κ3) is 10.1. The summed E-state index contributed by atoms with van der Waals surface area (Å²) in [5.41, 5.74) is 0.963. The van der Waals surface area contributed by atoms with Crippen molar-refractivity contribution in [2.45, 2.75) is 31.7 Å². The Morgan fingerprint density at radius 2 is 1.72 bits per heavy atom. The van der Waals surface area contributed by atoms with Gasteiger partial charge in [0.1, 0.15) is 5.75 Å². The number of carbonyl (C=O) groups excluding carboxylic acids is 1. The lowest BCUT2D eigenvalue weighted by molar-refractivity contribution is 0.0266. The summed E-state index contributed by atoms with van der Waals surface area (Å²) >= 11 is 0. The number of hydrogen-bond donors (Lipinski definition) is 2. The molecule has 0 aliphatic heterocycles. The number of carbonyl (C=O) groups is 1. The lowest BCUT2D eigenvalue weighted by atomic mass is 10.0. The first-order valence-electron chi connectivity index (χ1n) is 10.5. The number of nitrogens with one attached hydrogen (secondary N) is 1. The maximum atomic E-state index is 12.5. The third-order valence-corrected chi connectivity index (χ3v) is 4.64. The quantitative estimate of drug-likeness (QED) is 0.192. The zero-order valence-corrected chi connectivity index (χ0v) is 19.6. The second-order valence-corrected chi connectivity index (χ2v) is 7.62. The van der Waals surface area contributed by atoms with Gasteiger partial charge in [-0.25, -0.2) is 0 Å². The summed E-state index contributed by atoms with van der Waals surface area (Å²) < 4.78 is 16.9. The van der Waals surface area contributed by atoms with Crippen molar-refractivity contribution >= 4 is 24.5 Å². The Morgan fingerprint density at radius 1 is 1.03 bits per heavy atom. The van der Waals surface area contributed by atoms with Crippen molar-refractivity contribution in [3.05, 3.63) is 65.7 Å². The van der Waals surface area contributed by atoms with Gasteiger partial charge in [-0.2, -0.15) is 5.10 Å². The summed E-state index contributed by atoms with van der Waals surface area (Å²) in [7, 11) is 1.62. The van der Waals surface area contributed by atoms with E-state index in [1.807, 2.05) is 49.4 Å². The van der Waals surface area contributed by atoms with E-state index in [0.717, 1.165) is 30.6 Å². The number of methoxy groups -OCH3 is 1. The number of hydrogen-bond acceptors (Lipinski definition) is 6. The van der Waals surface area contributed by atoms with E-state index < -0.39 is 5.54 Å². The lowest BCUT2D eigenvalue weighted by Gasteiger charge is -2.30. The van der Waals surface area contributed by atoms with Gasteiger partial charge in [0.2, 0.25) is 0 Å². The van der Waals surface area contributed by atoms with E-state index in [1.165, 1.54) is 0 Å². The molecule has 0 bridgehead atoms. The molecule has 2 rings (SSSR count). The number of ether oxygens (including phenoxy) is 3. The molecule has 0 aliphatic rings. The first-order valence-corrected chi connectivity index (χ1v) is 10.5. The SMILES string of the molecule is COCC(C)(COCCCCCOc1ccc(/C=N/N)cc1)NC(=O)c1ccccc1.Cl. The molecule has 8 heteroatoms. The average Bonchev–Trinajstić information content (AvgIpc) is 2.77. The van der Waals surface area contributed by atoms with Crippen molar-refractivity contribution in [2.24, 2.45) is 10.9 Å². The number of rotatable bonds is 14. The van der Waals surface area contributed by atoms with Crippen molar-refractivity contribution in [1.82, 2.24) is 5.32 Å². The van der Waals surface area contributed by atoms with E-state index in [-0.39, 0.29) is 18.3 Å². The highest BCUT2D eigenvalue weighted by molar-refractivity contribution is 5.94. The molecule has 1 amide bonds. The predicted octanol–water partition coefficient (Wildman–Crippen LogP) is 3.80. The monoisotopic (exact) mass is 463 g/mol. The summed E-state index contributed by atoms with van der Waals surface area (Å²) in [5.74, 6) is 5.83. The van der Waals surface area contributed by atoms with Crippen LogP contribution in [0.15, 0.2) is 59.7 Å². The lowest BCUT2D eigenvalue weighted by Crippen LogP contribution is -2.52. The molecule has 176 valence electrons. The van der Waals surface area contributed by atoms with Crippen molar-refractivity contribution in [3.8, 4) is 5.75 Å². The van der Waals surface area contributed by atoms with Gasteiger partial charge in [0.15, 0.2) is 0 Å². The van der Waals surface area contributed by atoms with Crippen LogP contribution >= 0.6 is 12.4 Å². The second kappa shape index (κ2) is 15.2. The van der Waals surface area contributed by atoms with Crippen LogP contribution in [0.4, 0.5) is 0 Å². The van der Waals surface area contributed by atoms with Gasteiger partial charge in [-0.3, -0.25) is 4.79 Å². The van der Waals surface area contributed by atoms with E-state index in [9.17, 15) is 4.79 Å². The minimum absolute atomic E-state index is 0. The smallest absolute Gasteiger partial charge is 0.251 e. The molecule has 3 N–H and O–H groups in total.